The third kappa shape index (κ3) is 4.96. The zero-order valence-corrected chi connectivity index (χ0v) is 12.7. The molecule has 0 bridgehead atoms. The van der Waals surface area contributed by atoms with Gasteiger partial charge in [-0.25, -0.2) is 10.8 Å². The molecule has 112 valence electrons. The molecule has 0 aromatic carbocycles. The van der Waals surface area contributed by atoms with Crippen molar-refractivity contribution in [2.45, 2.75) is 20.3 Å². The van der Waals surface area contributed by atoms with Crippen LogP contribution in [0.2, 0.25) is 5.02 Å². The van der Waals surface area contributed by atoms with E-state index in [9.17, 15) is 4.79 Å². The second kappa shape index (κ2) is 8.73. The zero-order chi connectivity index (χ0) is 15.0. The highest BCUT2D eigenvalue weighted by Crippen LogP contribution is 2.15. The zero-order valence-electron chi connectivity index (χ0n) is 11.9. The lowest BCUT2D eigenvalue weighted by Crippen LogP contribution is -2.30. The van der Waals surface area contributed by atoms with E-state index in [1.807, 2.05) is 0 Å². The number of nitrogens with two attached hydrogens (primary N) is 1. The van der Waals surface area contributed by atoms with Crippen LogP contribution in [0.5, 0.6) is 0 Å². The van der Waals surface area contributed by atoms with Gasteiger partial charge in [0.25, 0.3) is 5.91 Å². The van der Waals surface area contributed by atoms with E-state index in [1.165, 1.54) is 0 Å². The van der Waals surface area contributed by atoms with Gasteiger partial charge in [-0.1, -0.05) is 25.4 Å². The molecule has 0 saturated heterocycles. The number of carbonyl (C=O) groups is 1. The van der Waals surface area contributed by atoms with Crippen LogP contribution in [0.3, 0.4) is 0 Å². The van der Waals surface area contributed by atoms with Crippen molar-refractivity contribution in [2.24, 2.45) is 5.84 Å². The Kier molecular flexibility index (Phi) is 7.28. The van der Waals surface area contributed by atoms with Crippen molar-refractivity contribution in [2.75, 3.05) is 31.6 Å². The van der Waals surface area contributed by atoms with Crippen LogP contribution in [0.25, 0.3) is 0 Å². The number of rotatable bonds is 8. The number of nitrogen functional groups attached to an aromatic ring is 1. The first-order valence-electron chi connectivity index (χ1n) is 6.76. The number of hydrazine groups is 1. The maximum Gasteiger partial charge on any atom is 0.271 e. The fraction of sp³-hybridized carbons (Fsp3) is 0.538. The maximum absolute atomic E-state index is 12.0. The molecule has 1 aromatic heterocycles. The van der Waals surface area contributed by atoms with Gasteiger partial charge in [-0.2, -0.15) is 0 Å². The van der Waals surface area contributed by atoms with Gasteiger partial charge in [-0.15, -0.1) is 0 Å². The minimum Gasteiger partial charge on any atom is -0.351 e. The minimum absolute atomic E-state index is 0.185. The Labute approximate surface area is 124 Å². The molecule has 0 atom stereocenters. The standard InChI is InChI=1S/C13H22ClN5O/c1-3-19(4-2)9-5-8-16-13(20)12-10(14)6-7-11(17-12)18-15/h6-7H,3-5,8-9,15H2,1-2H3,(H,16,20)(H,17,18). The molecule has 20 heavy (non-hydrogen) atoms. The first-order chi connectivity index (χ1) is 9.62. The summed E-state index contributed by atoms with van der Waals surface area (Å²) in [5.41, 5.74) is 2.58. The molecule has 0 aliphatic rings. The molecule has 0 fully saturated rings. The summed E-state index contributed by atoms with van der Waals surface area (Å²) in [5, 5.41) is 3.12. The second-order valence-electron chi connectivity index (χ2n) is 4.31. The summed E-state index contributed by atoms with van der Waals surface area (Å²) in [6.07, 6.45) is 0.889. The highest BCUT2D eigenvalue weighted by atomic mass is 35.5. The number of nitrogens with zero attached hydrogens (tertiary/aromatic N) is 2. The van der Waals surface area contributed by atoms with Crippen LogP contribution in [-0.4, -0.2) is 42.0 Å². The van der Waals surface area contributed by atoms with Gasteiger partial charge < -0.3 is 15.6 Å². The topological polar surface area (TPSA) is 83.3 Å². The number of carbonyl (C=O) groups excluding carboxylic acids is 1. The molecule has 0 saturated carbocycles. The molecule has 1 heterocycles. The minimum atomic E-state index is -0.286. The van der Waals surface area contributed by atoms with E-state index in [2.05, 4.69) is 34.5 Å². The molecule has 4 N–H and O–H groups in total. The van der Waals surface area contributed by atoms with Gasteiger partial charge in [0.15, 0.2) is 0 Å². The fourth-order valence-corrected chi connectivity index (χ4v) is 2.00. The highest BCUT2D eigenvalue weighted by molar-refractivity contribution is 6.33. The van der Waals surface area contributed by atoms with Crippen LogP contribution < -0.4 is 16.6 Å². The SMILES string of the molecule is CCN(CC)CCCNC(=O)c1nc(NN)ccc1Cl. The molecule has 0 radical (unpaired) electrons. The molecular formula is C13H22ClN5O. The molecule has 0 unspecified atom stereocenters. The van der Waals surface area contributed by atoms with Gasteiger partial charge in [0.05, 0.1) is 5.02 Å². The number of nitrogens with one attached hydrogen (secondary N) is 2. The molecule has 1 rings (SSSR count). The van der Waals surface area contributed by atoms with Crippen LogP contribution >= 0.6 is 11.6 Å². The second-order valence-corrected chi connectivity index (χ2v) is 4.71. The number of hydrogen-bond acceptors (Lipinski definition) is 5. The first kappa shape index (κ1) is 16.7. The Balaban J connectivity index is 2.47. The lowest BCUT2D eigenvalue weighted by atomic mass is 10.3. The predicted molar refractivity (Wildman–Crippen MR) is 81.8 cm³/mol. The van der Waals surface area contributed by atoms with Gasteiger partial charge in [0.1, 0.15) is 11.5 Å². The largest absolute Gasteiger partial charge is 0.351 e. The van der Waals surface area contributed by atoms with Gasteiger partial charge in [-0.05, 0) is 38.2 Å². The summed E-state index contributed by atoms with van der Waals surface area (Å²) in [7, 11) is 0. The van der Waals surface area contributed by atoms with Crippen LogP contribution in [-0.2, 0) is 0 Å². The Hall–Kier alpha value is -1.37. The summed E-state index contributed by atoms with van der Waals surface area (Å²) in [6.45, 7) is 7.82. The van der Waals surface area contributed by atoms with E-state index in [-0.39, 0.29) is 11.6 Å². The highest BCUT2D eigenvalue weighted by Gasteiger charge is 2.12. The summed E-state index contributed by atoms with van der Waals surface area (Å²) in [4.78, 5) is 18.3. The van der Waals surface area contributed by atoms with Crippen molar-refractivity contribution in [3.05, 3.63) is 22.8 Å². The third-order valence-corrected chi connectivity index (χ3v) is 3.35. The Bertz CT molecular complexity index is 437. The monoisotopic (exact) mass is 299 g/mol. The Morgan fingerprint density at radius 1 is 1.40 bits per heavy atom. The summed E-state index contributed by atoms with van der Waals surface area (Å²) in [5.74, 6) is 5.38. The number of amides is 1. The predicted octanol–water partition coefficient (Wildman–Crippen LogP) is 1.48. The molecule has 7 heteroatoms. The van der Waals surface area contributed by atoms with Crippen LogP contribution in [0.1, 0.15) is 30.8 Å². The van der Waals surface area contributed by atoms with Gasteiger partial charge in [0.2, 0.25) is 0 Å². The third-order valence-electron chi connectivity index (χ3n) is 3.04. The van der Waals surface area contributed by atoms with Crippen LogP contribution in [0.4, 0.5) is 5.82 Å². The molecule has 6 nitrogen and oxygen atoms in total. The van der Waals surface area contributed by atoms with Crippen molar-refractivity contribution in [3.8, 4) is 0 Å². The quantitative estimate of drug-likeness (QED) is 0.385. The number of hydrogen-bond donors (Lipinski definition) is 3. The smallest absolute Gasteiger partial charge is 0.271 e. The molecule has 0 aliphatic carbocycles. The number of anilines is 1. The first-order valence-corrected chi connectivity index (χ1v) is 7.13. The molecule has 1 amide bonds. The van der Waals surface area contributed by atoms with Crippen molar-refractivity contribution in [3.63, 3.8) is 0 Å². The van der Waals surface area contributed by atoms with Gasteiger partial charge in [-0.3, -0.25) is 4.79 Å². The maximum atomic E-state index is 12.0. The molecular weight excluding hydrogens is 278 g/mol. The van der Waals surface area contributed by atoms with Crippen molar-refractivity contribution < 1.29 is 4.79 Å². The van der Waals surface area contributed by atoms with Crippen molar-refractivity contribution >= 4 is 23.3 Å². The molecule has 0 aliphatic heterocycles. The van der Waals surface area contributed by atoms with E-state index < -0.39 is 0 Å². The average molecular weight is 300 g/mol. The average Bonchev–Trinajstić information content (AvgIpc) is 2.47. The Morgan fingerprint density at radius 3 is 2.70 bits per heavy atom. The fourth-order valence-electron chi connectivity index (χ4n) is 1.81. The van der Waals surface area contributed by atoms with E-state index >= 15 is 0 Å². The summed E-state index contributed by atoms with van der Waals surface area (Å²) >= 11 is 5.96. The number of halogens is 1. The van der Waals surface area contributed by atoms with E-state index in [0.717, 1.165) is 26.1 Å². The molecule has 1 aromatic rings. The van der Waals surface area contributed by atoms with Crippen molar-refractivity contribution in [1.82, 2.24) is 15.2 Å². The van der Waals surface area contributed by atoms with E-state index in [1.54, 1.807) is 12.1 Å². The Morgan fingerprint density at radius 2 is 2.10 bits per heavy atom. The number of aromatic nitrogens is 1. The lowest BCUT2D eigenvalue weighted by Gasteiger charge is -2.17. The van der Waals surface area contributed by atoms with Gasteiger partial charge >= 0.3 is 0 Å². The lowest BCUT2D eigenvalue weighted by molar-refractivity contribution is 0.0947. The normalized spacial score (nSPS) is 10.7. The van der Waals surface area contributed by atoms with E-state index in [0.29, 0.717) is 17.4 Å². The number of pyridine rings is 1. The summed E-state index contributed by atoms with van der Waals surface area (Å²) < 4.78 is 0. The van der Waals surface area contributed by atoms with Gasteiger partial charge in [0, 0.05) is 6.54 Å². The van der Waals surface area contributed by atoms with Crippen LogP contribution in [0, 0.1) is 0 Å². The van der Waals surface area contributed by atoms with Crippen molar-refractivity contribution in [1.29, 1.82) is 0 Å². The summed E-state index contributed by atoms with van der Waals surface area (Å²) in [6, 6.07) is 3.20. The molecule has 0 spiro atoms. The van der Waals surface area contributed by atoms with Crippen LogP contribution in [0.15, 0.2) is 12.1 Å². The van der Waals surface area contributed by atoms with E-state index in [4.69, 9.17) is 17.4 Å².